The SMILES string of the molecule is Cc1cccc([C@H](C)NCc2cccc(C(=O)O)n2)c1. The lowest BCUT2D eigenvalue weighted by Crippen LogP contribution is -2.19. The van der Waals surface area contributed by atoms with Gasteiger partial charge in [0.25, 0.3) is 0 Å². The highest BCUT2D eigenvalue weighted by atomic mass is 16.4. The third-order valence-electron chi connectivity index (χ3n) is 3.16. The summed E-state index contributed by atoms with van der Waals surface area (Å²) in [4.78, 5) is 15.0. The van der Waals surface area contributed by atoms with E-state index in [2.05, 4.69) is 42.3 Å². The fraction of sp³-hybridized carbons (Fsp3) is 0.250. The van der Waals surface area contributed by atoms with Crippen LogP contribution in [0.3, 0.4) is 0 Å². The van der Waals surface area contributed by atoms with Crippen molar-refractivity contribution >= 4 is 5.97 Å². The number of nitrogens with one attached hydrogen (secondary N) is 1. The smallest absolute Gasteiger partial charge is 0.354 e. The van der Waals surface area contributed by atoms with Crippen molar-refractivity contribution in [3.05, 3.63) is 65.0 Å². The first-order chi connectivity index (χ1) is 9.56. The second kappa shape index (κ2) is 6.30. The molecular weight excluding hydrogens is 252 g/mol. The first-order valence-corrected chi connectivity index (χ1v) is 6.55. The van der Waals surface area contributed by atoms with Crippen molar-refractivity contribution in [2.24, 2.45) is 0 Å². The predicted octanol–water partition coefficient (Wildman–Crippen LogP) is 2.94. The molecule has 104 valence electrons. The summed E-state index contributed by atoms with van der Waals surface area (Å²) in [7, 11) is 0. The molecule has 1 aromatic heterocycles. The van der Waals surface area contributed by atoms with Gasteiger partial charge in [0.15, 0.2) is 0 Å². The average Bonchev–Trinajstić information content (AvgIpc) is 2.45. The molecule has 0 aliphatic heterocycles. The predicted molar refractivity (Wildman–Crippen MR) is 77.6 cm³/mol. The van der Waals surface area contributed by atoms with E-state index in [1.807, 2.05) is 12.1 Å². The molecule has 0 radical (unpaired) electrons. The van der Waals surface area contributed by atoms with Crippen LogP contribution in [0.2, 0.25) is 0 Å². The molecule has 0 saturated heterocycles. The Morgan fingerprint density at radius 2 is 2.05 bits per heavy atom. The van der Waals surface area contributed by atoms with E-state index in [1.54, 1.807) is 6.07 Å². The maximum Gasteiger partial charge on any atom is 0.354 e. The minimum Gasteiger partial charge on any atom is -0.477 e. The van der Waals surface area contributed by atoms with Crippen molar-refractivity contribution in [2.75, 3.05) is 0 Å². The van der Waals surface area contributed by atoms with Crippen LogP contribution in [0.1, 0.15) is 40.3 Å². The van der Waals surface area contributed by atoms with Gasteiger partial charge in [0, 0.05) is 12.6 Å². The molecule has 0 amide bonds. The third kappa shape index (κ3) is 3.65. The molecule has 1 aromatic carbocycles. The van der Waals surface area contributed by atoms with E-state index < -0.39 is 5.97 Å². The number of carboxylic acid groups (broad SMARTS) is 1. The number of rotatable bonds is 5. The quantitative estimate of drug-likeness (QED) is 0.877. The van der Waals surface area contributed by atoms with E-state index in [1.165, 1.54) is 17.2 Å². The fourth-order valence-electron chi connectivity index (χ4n) is 2.01. The van der Waals surface area contributed by atoms with Gasteiger partial charge in [-0.25, -0.2) is 9.78 Å². The zero-order valence-electron chi connectivity index (χ0n) is 11.6. The molecule has 0 bridgehead atoms. The summed E-state index contributed by atoms with van der Waals surface area (Å²) in [5.41, 5.74) is 3.23. The van der Waals surface area contributed by atoms with Crippen LogP contribution in [0, 0.1) is 6.92 Å². The number of hydrogen-bond acceptors (Lipinski definition) is 3. The Morgan fingerprint density at radius 3 is 2.75 bits per heavy atom. The zero-order chi connectivity index (χ0) is 14.5. The minimum absolute atomic E-state index is 0.0764. The fourth-order valence-corrected chi connectivity index (χ4v) is 2.01. The second-order valence-electron chi connectivity index (χ2n) is 4.84. The number of aryl methyl sites for hydroxylation is 1. The molecule has 1 atom stereocenters. The molecular formula is C16H18N2O2. The highest BCUT2D eigenvalue weighted by molar-refractivity contribution is 5.85. The Kier molecular flexibility index (Phi) is 4.48. The highest BCUT2D eigenvalue weighted by Gasteiger charge is 2.08. The van der Waals surface area contributed by atoms with Crippen molar-refractivity contribution in [3.8, 4) is 0 Å². The van der Waals surface area contributed by atoms with E-state index in [4.69, 9.17) is 5.11 Å². The van der Waals surface area contributed by atoms with Crippen molar-refractivity contribution < 1.29 is 9.90 Å². The maximum absolute atomic E-state index is 10.9. The maximum atomic E-state index is 10.9. The summed E-state index contributed by atoms with van der Waals surface area (Å²) in [5.74, 6) is -1.00. The van der Waals surface area contributed by atoms with Crippen LogP contribution in [-0.2, 0) is 6.54 Å². The number of benzene rings is 1. The number of carboxylic acids is 1. The van der Waals surface area contributed by atoms with Crippen molar-refractivity contribution in [1.82, 2.24) is 10.3 Å². The van der Waals surface area contributed by atoms with Crippen molar-refractivity contribution in [2.45, 2.75) is 26.4 Å². The Balaban J connectivity index is 2.01. The van der Waals surface area contributed by atoms with E-state index in [9.17, 15) is 4.79 Å². The number of hydrogen-bond donors (Lipinski definition) is 2. The largest absolute Gasteiger partial charge is 0.477 e. The minimum atomic E-state index is -1.00. The molecule has 2 N–H and O–H groups in total. The number of carbonyl (C=O) groups is 1. The normalized spacial score (nSPS) is 12.1. The molecule has 20 heavy (non-hydrogen) atoms. The average molecular weight is 270 g/mol. The Labute approximate surface area is 118 Å². The van der Waals surface area contributed by atoms with E-state index in [-0.39, 0.29) is 11.7 Å². The number of aromatic carboxylic acids is 1. The zero-order valence-corrected chi connectivity index (χ0v) is 11.6. The van der Waals surface area contributed by atoms with E-state index in [0.29, 0.717) is 6.54 Å². The molecule has 2 aromatic rings. The lowest BCUT2D eigenvalue weighted by atomic mass is 10.1. The molecule has 4 heteroatoms. The molecule has 0 aliphatic carbocycles. The van der Waals surface area contributed by atoms with Crippen molar-refractivity contribution in [3.63, 3.8) is 0 Å². The summed E-state index contributed by atoms with van der Waals surface area (Å²) in [6.45, 7) is 4.68. The Morgan fingerprint density at radius 1 is 1.30 bits per heavy atom. The van der Waals surface area contributed by atoms with Crippen LogP contribution in [-0.4, -0.2) is 16.1 Å². The van der Waals surface area contributed by atoms with Gasteiger partial charge in [-0.1, -0.05) is 35.9 Å². The molecule has 0 unspecified atom stereocenters. The monoisotopic (exact) mass is 270 g/mol. The first-order valence-electron chi connectivity index (χ1n) is 6.55. The second-order valence-corrected chi connectivity index (χ2v) is 4.84. The van der Waals surface area contributed by atoms with Gasteiger partial charge in [-0.15, -0.1) is 0 Å². The van der Waals surface area contributed by atoms with Gasteiger partial charge in [-0.3, -0.25) is 0 Å². The van der Waals surface area contributed by atoms with Crippen LogP contribution >= 0.6 is 0 Å². The summed E-state index contributed by atoms with van der Waals surface area (Å²) in [5, 5.41) is 12.3. The number of nitrogens with zero attached hydrogens (tertiary/aromatic N) is 1. The Hall–Kier alpha value is -2.20. The van der Waals surface area contributed by atoms with Crippen LogP contribution in [0.15, 0.2) is 42.5 Å². The molecule has 4 nitrogen and oxygen atoms in total. The molecule has 0 saturated carbocycles. The third-order valence-corrected chi connectivity index (χ3v) is 3.16. The molecule has 1 heterocycles. The summed E-state index contributed by atoms with van der Waals surface area (Å²) in [6, 6.07) is 13.5. The summed E-state index contributed by atoms with van der Waals surface area (Å²) >= 11 is 0. The standard InChI is InChI=1S/C16H18N2O2/c1-11-5-3-6-13(9-11)12(2)17-10-14-7-4-8-15(18-14)16(19)20/h3-9,12,17H,10H2,1-2H3,(H,19,20)/t12-/m0/s1. The van der Waals surface area contributed by atoms with Gasteiger partial charge >= 0.3 is 5.97 Å². The van der Waals surface area contributed by atoms with Crippen LogP contribution < -0.4 is 5.32 Å². The van der Waals surface area contributed by atoms with Gasteiger partial charge in [-0.05, 0) is 31.5 Å². The van der Waals surface area contributed by atoms with Gasteiger partial charge in [0.2, 0.25) is 0 Å². The number of pyridine rings is 1. The van der Waals surface area contributed by atoms with Crippen LogP contribution in [0.25, 0.3) is 0 Å². The first kappa shape index (κ1) is 14.2. The van der Waals surface area contributed by atoms with Gasteiger partial charge in [0.05, 0.1) is 5.69 Å². The van der Waals surface area contributed by atoms with Gasteiger partial charge in [0.1, 0.15) is 5.69 Å². The summed E-state index contributed by atoms with van der Waals surface area (Å²) < 4.78 is 0. The summed E-state index contributed by atoms with van der Waals surface area (Å²) in [6.07, 6.45) is 0. The van der Waals surface area contributed by atoms with Gasteiger partial charge < -0.3 is 10.4 Å². The topological polar surface area (TPSA) is 62.2 Å². The van der Waals surface area contributed by atoms with Crippen LogP contribution in [0.4, 0.5) is 0 Å². The van der Waals surface area contributed by atoms with E-state index >= 15 is 0 Å². The molecule has 0 spiro atoms. The van der Waals surface area contributed by atoms with Gasteiger partial charge in [-0.2, -0.15) is 0 Å². The van der Waals surface area contributed by atoms with E-state index in [0.717, 1.165) is 5.69 Å². The molecule has 0 aliphatic rings. The van der Waals surface area contributed by atoms with Crippen LogP contribution in [0.5, 0.6) is 0 Å². The van der Waals surface area contributed by atoms with Crippen molar-refractivity contribution in [1.29, 1.82) is 0 Å². The molecule has 0 fully saturated rings. The lowest BCUT2D eigenvalue weighted by Gasteiger charge is -2.14. The highest BCUT2D eigenvalue weighted by Crippen LogP contribution is 2.14. The number of aromatic nitrogens is 1. The lowest BCUT2D eigenvalue weighted by molar-refractivity contribution is 0.0690. The molecule has 2 rings (SSSR count). The Bertz CT molecular complexity index is 611.